The van der Waals surface area contributed by atoms with Crippen molar-refractivity contribution in [3.8, 4) is 17.7 Å². The molecule has 4 aliphatic carbocycles. The lowest BCUT2D eigenvalue weighted by Gasteiger charge is -2.65. The molecule has 2 atom stereocenters. The van der Waals surface area contributed by atoms with Gasteiger partial charge in [-0.25, -0.2) is 0 Å². The molecule has 2 aromatic heterocycles. The second-order valence-corrected chi connectivity index (χ2v) is 11.5. The van der Waals surface area contributed by atoms with Crippen LogP contribution in [0.15, 0.2) is 27.2 Å². The van der Waals surface area contributed by atoms with Gasteiger partial charge in [-0.1, -0.05) is 13.8 Å². The van der Waals surface area contributed by atoms with Crippen molar-refractivity contribution in [2.75, 3.05) is 31.1 Å². The van der Waals surface area contributed by atoms with E-state index in [0.29, 0.717) is 66.4 Å². The van der Waals surface area contributed by atoms with Crippen molar-refractivity contribution in [3.05, 3.63) is 24.1 Å². The van der Waals surface area contributed by atoms with E-state index in [1.54, 1.807) is 18.4 Å². The average molecular weight is 435 g/mol. The van der Waals surface area contributed by atoms with Crippen LogP contribution in [0.25, 0.3) is 11.7 Å². The zero-order valence-corrected chi connectivity index (χ0v) is 18.9. The molecule has 0 N–H and O–H groups in total. The van der Waals surface area contributed by atoms with E-state index in [1.807, 2.05) is 4.90 Å². The van der Waals surface area contributed by atoms with Gasteiger partial charge in [0.05, 0.1) is 11.7 Å². The van der Waals surface area contributed by atoms with Crippen molar-refractivity contribution in [1.82, 2.24) is 9.88 Å². The van der Waals surface area contributed by atoms with Crippen LogP contribution in [0, 0.1) is 33.5 Å². The lowest BCUT2D eigenvalue weighted by Crippen LogP contribution is -2.62. The predicted molar refractivity (Wildman–Crippen MR) is 118 cm³/mol. The topological polar surface area (TPSA) is 86.5 Å². The predicted octanol–water partition coefficient (Wildman–Crippen LogP) is 4.45. The fourth-order valence-electron chi connectivity index (χ4n) is 8.24. The van der Waals surface area contributed by atoms with Crippen LogP contribution in [0.3, 0.4) is 0 Å². The first kappa shape index (κ1) is 19.9. The molecule has 1 aliphatic heterocycles. The summed E-state index contributed by atoms with van der Waals surface area (Å²) in [6.07, 6.45) is 8.61. The maximum atomic E-state index is 13.9. The molecule has 32 heavy (non-hydrogen) atoms. The molecule has 4 saturated carbocycles. The van der Waals surface area contributed by atoms with E-state index < -0.39 is 0 Å². The van der Waals surface area contributed by atoms with Crippen LogP contribution in [0.5, 0.6) is 0 Å². The van der Waals surface area contributed by atoms with Crippen LogP contribution in [-0.4, -0.2) is 42.0 Å². The number of carbonyl (C=O) groups excluding carboxylic acids is 1. The van der Waals surface area contributed by atoms with Gasteiger partial charge in [0.25, 0.3) is 5.89 Å². The summed E-state index contributed by atoms with van der Waals surface area (Å²) in [6, 6.07) is 5.67. The summed E-state index contributed by atoms with van der Waals surface area (Å²) < 4.78 is 11.3. The van der Waals surface area contributed by atoms with Crippen LogP contribution in [0.1, 0.15) is 58.1 Å². The fraction of sp³-hybridized carbons (Fsp3) is 0.640. The minimum atomic E-state index is -0.165. The molecule has 5 aliphatic rings. The van der Waals surface area contributed by atoms with Gasteiger partial charge in [0.15, 0.2) is 5.76 Å². The summed E-state index contributed by atoms with van der Waals surface area (Å²) in [5, 5.41) is 9.55. The zero-order chi connectivity index (χ0) is 22.1. The third kappa shape index (κ3) is 2.99. The van der Waals surface area contributed by atoms with Gasteiger partial charge in [-0.2, -0.15) is 10.2 Å². The Morgan fingerprint density at radius 2 is 1.84 bits per heavy atom. The number of hydrogen-bond acceptors (Lipinski definition) is 6. The maximum Gasteiger partial charge on any atom is 0.266 e. The SMILES string of the molecule is CC12CC3CC(C)(C1)CC(C(=O)N1CCN(c4oc(-c5ccco5)nc4C#N)CC1)(C3)C2. The van der Waals surface area contributed by atoms with Gasteiger partial charge in [0, 0.05) is 26.2 Å². The number of furan rings is 1. The molecule has 7 heteroatoms. The highest BCUT2D eigenvalue weighted by Crippen LogP contribution is 2.69. The van der Waals surface area contributed by atoms with Crippen molar-refractivity contribution in [2.45, 2.75) is 52.4 Å². The van der Waals surface area contributed by atoms with E-state index in [9.17, 15) is 10.1 Å². The second kappa shape index (κ2) is 6.63. The number of amides is 1. The minimum Gasteiger partial charge on any atom is -0.459 e. The summed E-state index contributed by atoms with van der Waals surface area (Å²) in [7, 11) is 0. The molecule has 5 fully saturated rings. The van der Waals surface area contributed by atoms with Gasteiger partial charge in [-0.15, -0.1) is 0 Å². The Morgan fingerprint density at radius 3 is 2.44 bits per heavy atom. The highest BCUT2D eigenvalue weighted by Gasteiger charge is 2.63. The molecular formula is C25H30N4O3. The number of carbonyl (C=O) groups is 1. The smallest absolute Gasteiger partial charge is 0.266 e. The number of piperazine rings is 1. The largest absolute Gasteiger partial charge is 0.459 e. The molecule has 168 valence electrons. The number of nitrogens with zero attached hydrogens (tertiary/aromatic N) is 4. The highest BCUT2D eigenvalue weighted by atomic mass is 16.4. The van der Waals surface area contributed by atoms with Crippen molar-refractivity contribution >= 4 is 11.8 Å². The quantitative estimate of drug-likeness (QED) is 0.709. The summed E-state index contributed by atoms with van der Waals surface area (Å²) in [6.45, 7) is 7.42. The van der Waals surface area contributed by atoms with Gasteiger partial charge in [0.2, 0.25) is 17.5 Å². The van der Waals surface area contributed by atoms with Crippen molar-refractivity contribution in [1.29, 1.82) is 5.26 Å². The Kier molecular flexibility index (Phi) is 4.12. The van der Waals surface area contributed by atoms with E-state index in [1.165, 1.54) is 19.3 Å². The van der Waals surface area contributed by atoms with Gasteiger partial charge in [-0.3, -0.25) is 4.79 Å². The van der Waals surface area contributed by atoms with E-state index in [-0.39, 0.29) is 11.1 Å². The van der Waals surface area contributed by atoms with Crippen LogP contribution >= 0.6 is 0 Å². The zero-order valence-electron chi connectivity index (χ0n) is 18.9. The number of oxazole rings is 1. The molecule has 1 saturated heterocycles. The van der Waals surface area contributed by atoms with Crippen LogP contribution in [0.2, 0.25) is 0 Å². The second-order valence-electron chi connectivity index (χ2n) is 11.5. The minimum absolute atomic E-state index is 0.165. The number of rotatable bonds is 3. The first-order chi connectivity index (χ1) is 15.3. The number of nitriles is 1. The van der Waals surface area contributed by atoms with Gasteiger partial charge >= 0.3 is 0 Å². The molecule has 7 rings (SSSR count). The van der Waals surface area contributed by atoms with Crippen molar-refractivity contribution in [3.63, 3.8) is 0 Å². The normalized spacial score (nSPS) is 35.8. The first-order valence-corrected chi connectivity index (χ1v) is 11.8. The number of hydrogen-bond donors (Lipinski definition) is 0. The molecule has 7 nitrogen and oxygen atoms in total. The molecule has 0 radical (unpaired) electrons. The summed E-state index contributed by atoms with van der Waals surface area (Å²) >= 11 is 0. The summed E-state index contributed by atoms with van der Waals surface area (Å²) in [5.74, 6) is 2.37. The van der Waals surface area contributed by atoms with E-state index in [2.05, 4.69) is 29.8 Å². The maximum absolute atomic E-state index is 13.9. The molecular weight excluding hydrogens is 404 g/mol. The third-order valence-electron chi connectivity index (χ3n) is 8.38. The monoisotopic (exact) mass is 434 g/mol. The lowest BCUT2D eigenvalue weighted by atomic mass is 9.40. The Hall–Kier alpha value is -2.75. The van der Waals surface area contributed by atoms with Crippen molar-refractivity contribution in [2.24, 2.45) is 22.2 Å². The highest BCUT2D eigenvalue weighted by molar-refractivity contribution is 5.84. The Balaban J connectivity index is 1.19. The summed E-state index contributed by atoms with van der Waals surface area (Å²) in [5.41, 5.74) is 0.755. The lowest BCUT2D eigenvalue weighted by molar-refractivity contribution is -0.179. The van der Waals surface area contributed by atoms with Crippen LogP contribution in [-0.2, 0) is 4.79 Å². The van der Waals surface area contributed by atoms with E-state index in [4.69, 9.17) is 8.83 Å². The molecule has 1 amide bonds. The summed E-state index contributed by atoms with van der Waals surface area (Å²) in [4.78, 5) is 22.3. The van der Waals surface area contributed by atoms with Gasteiger partial charge in [-0.05, 0) is 67.4 Å². The van der Waals surface area contributed by atoms with Crippen molar-refractivity contribution < 1.29 is 13.6 Å². The molecule has 2 aromatic rings. The average Bonchev–Trinajstić information content (AvgIpc) is 3.40. The molecule has 0 spiro atoms. The van der Waals surface area contributed by atoms with Gasteiger partial charge in [0.1, 0.15) is 6.07 Å². The molecule has 3 heterocycles. The number of anilines is 1. The molecule has 2 unspecified atom stereocenters. The van der Waals surface area contributed by atoms with E-state index in [0.717, 1.165) is 19.3 Å². The third-order valence-corrected chi connectivity index (χ3v) is 8.38. The molecule has 0 aromatic carbocycles. The van der Waals surface area contributed by atoms with Gasteiger partial charge < -0.3 is 18.6 Å². The Bertz CT molecular complexity index is 1070. The Labute approximate surface area is 188 Å². The molecule has 4 bridgehead atoms. The van der Waals surface area contributed by atoms with Crippen LogP contribution in [0.4, 0.5) is 5.88 Å². The fourth-order valence-corrected chi connectivity index (χ4v) is 8.24. The Morgan fingerprint density at radius 1 is 1.12 bits per heavy atom. The first-order valence-electron chi connectivity index (χ1n) is 11.8. The number of aromatic nitrogens is 1. The van der Waals surface area contributed by atoms with Crippen LogP contribution < -0.4 is 4.90 Å². The standard InChI is InChI=1S/C25H30N4O3/c1-23-10-17-11-24(2,14-23)16-25(12-17,15-23)22(30)29-7-5-28(6-8-29)21-18(13-26)27-20(32-21)19-4-3-9-31-19/h3-4,9,17H,5-8,10-12,14-16H2,1-2H3. The van der Waals surface area contributed by atoms with E-state index >= 15 is 0 Å².